The van der Waals surface area contributed by atoms with E-state index in [0.717, 1.165) is 6.08 Å². The second-order valence-corrected chi connectivity index (χ2v) is 5.24. The SMILES string of the molecule is O=C(/C=C/c1ccc(O)cc1)CC(=O)/C=C/c1ccc(O)c(O)c1O. The number of aromatic hydroxyl groups is 4. The largest absolute Gasteiger partial charge is 0.508 e. The molecular weight excluding hydrogens is 324 g/mol. The average molecular weight is 340 g/mol. The van der Waals surface area contributed by atoms with Gasteiger partial charge >= 0.3 is 0 Å². The van der Waals surface area contributed by atoms with Gasteiger partial charge in [0.05, 0.1) is 6.42 Å². The van der Waals surface area contributed by atoms with Crippen LogP contribution < -0.4 is 0 Å². The molecule has 0 atom stereocenters. The van der Waals surface area contributed by atoms with Gasteiger partial charge in [0.25, 0.3) is 0 Å². The molecule has 2 rings (SSSR count). The number of phenolic OH excluding ortho intramolecular Hbond substituents is 4. The van der Waals surface area contributed by atoms with Crippen molar-refractivity contribution in [3.63, 3.8) is 0 Å². The van der Waals surface area contributed by atoms with Crippen LogP contribution in [0.1, 0.15) is 17.5 Å². The highest BCUT2D eigenvalue weighted by Gasteiger charge is 2.09. The first kappa shape index (κ1) is 17.8. The summed E-state index contributed by atoms with van der Waals surface area (Å²) >= 11 is 0. The van der Waals surface area contributed by atoms with Crippen LogP contribution >= 0.6 is 0 Å². The van der Waals surface area contributed by atoms with E-state index in [2.05, 4.69) is 0 Å². The molecule has 25 heavy (non-hydrogen) atoms. The monoisotopic (exact) mass is 340 g/mol. The second-order valence-electron chi connectivity index (χ2n) is 5.24. The summed E-state index contributed by atoms with van der Waals surface area (Å²) in [6.45, 7) is 0. The van der Waals surface area contributed by atoms with Crippen molar-refractivity contribution in [1.82, 2.24) is 0 Å². The lowest BCUT2D eigenvalue weighted by Gasteiger charge is -2.03. The van der Waals surface area contributed by atoms with Crippen molar-refractivity contribution in [1.29, 1.82) is 0 Å². The van der Waals surface area contributed by atoms with E-state index in [4.69, 9.17) is 5.11 Å². The zero-order valence-corrected chi connectivity index (χ0v) is 13.1. The molecule has 0 unspecified atom stereocenters. The van der Waals surface area contributed by atoms with Crippen LogP contribution in [0.15, 0.2) is 48.6 Å². The number of benzene rings is 2. The highest BCUT2D eigenvalue weighted by molar-refractivity contribution is 6.11. The Labute approximate surface area is 143 Å². The quantitative estimate of drug-likeness (QED) is 0.365. The summed E-state index contributed by atoms with van der Waals surface area (Å²) in [5.74, 6) is -2.47. The summed E-state index contributed by atoms with van der Waals surface area (Å²) in [6, 6.07) is 8.71. The van der Waals surface area contributed by atoms with Crippen molar-refractivity contribution in [3.8, 4) is 23.0 Å². The van der Waals surface area contributed by atoms with Crippen LogP contribution in [0.5, 0.6) is 23.0 Å². The molecule has 128 valence electrons. The smallest absolute Gasteiger partial charge is 0.200 e. The van der Waals surface area contributed by atoms with Gasteiger partial charge in [-0.25, -0.2) is 0 Å². The van der Waals surface area contributed by atoms with Crippen LogP contribution in [-0.4, -0.2) is 32.0 Å². The predicted molar refractivity (Wildman–Crippen MR) is 92.2 cm³/mol. The van der Waals surface area contributed by atoms with Gasteiger partial charge in [-0.1, -0.05) is 18.2 Å². The van der Waals surface area contributed by atoms with Gasteiger partial charge in [-0.15, -0.1) is 0 Å². The van der Waals surface area contributed by atoms with E-state index >= 15 is 0 Å². The summed E-state index contributed by atoms with van der Waals surface area (Å²) in [5.41, 5.74) is 0.842. The van der Waals surface area contributed by atoms with Crippen molar-refractivity contribution in [2.45, 2.75) is 6.42 Å². The summed E-state index contributed by atoms with van der Waals surface area (Å²) in [4.78, 5) is 23.5. The molecule has 0 aromatic heterocycles. The molecule has 4 N–H and O–H groups in total. The Morgan fingerprint density at radius 1 is 0.760 bits per heavy atom. The lowest BCUT2D eigenvalue weighted by Crippen LogP contribution is -2.01. The van der Waals surface area contributed by atoms with Crippen LogP contribution in [0.25, 0.3) is 12.2 Å². The molecule has 0 aliphatic rings. The van der Waals surface area contributed by atoms with Gasteiger partial charge in [0, 0.05) is 5.56 Å². The molecule has 6 nitrogen and oxygen atoms in total. The molecule has 0 aliphatic heterocycles. The zero-order valence-electron chi connectivity index (χ0n) is 13.1. The fourth-order valence-corrected chi connectivity index (χ4v) is 1.97. The normalized spacial score (nSPS) is 11.2. The first-order valence-electron chi connectivity index (χ1n) is 7.31. The number of hydrogen-bond donors (Lipinski definition) is 4. The lowest BCUT2D eigenvalue weighted by molar-refractivity contribution is -0.121. The Bertz CT molecular complexity index is 847. The van der Waals surface area contributed by atoms with Gasteiger partial charge in [0.1, 0.15) is 5.75 Å². The van der Waals surface area contributed by atoms with Crippen LogP contribution in [0.3, 0.4) is 0 Å². The van der Waals surface area contributed by atoms with Crippen LogP contribution in [0.4, 0.5) is 0 Å². The van der Waals surface area contributed by atoms with Crippen LogP contribution in [-0.2, 0) is 9.59 Å². The van der Waals surface area contributed by atoms with E-state index in [-0.39, 0.29) is 17.7 Å². The molecule has 0 amide bonds. The maximum absolute atomic E-state index is 11.8. The highest BCUT2D eigenvalue weighted by atomic mass is 16.3. The van der Waals surface area contributed by atoms with Crippen LogP contribution in [0.2, 0.25) is 0 Å². The molecule has 2 aromatic rings. The molecule has 0 saturated carbocycles. The van der Waals surface area contributed by atoms with Gasteiger partial charge in [-0.05, 0) is 48.1 Å². The van der Waals surface area contributed by atoms with Crippen molar-refractivity contribution in [2.24, 2.45) is 0 Å². The number of carbonyl (C=O) groups excluding carboxylic acids is 2. The van der Waals surface area contributed by atoms with Crippen molar-refractivity contribution >= 4 is 23.7 Å². The van der Waals surface area contributed by atoms with E-state index in [9.17, 15) is 24.9 Å². The predicted octanol–water partition coefficient (Wildman–Crippen LogP) is 2.76. The molecule has 0 saturated heterocycles. The Kier molecular flexibility index (Phi) is 5.58. The number of ketones is 2. The molecule has 2 aromatic carbocycles. The fraction of sp³-hybridized carbons (Fsp3) is 0.0526. The van der Waals surface area contributed by atoms with Gasteiger partial charge in [0.2, 0.25) is 5.75 Å². The third-order valence-corrected chi connectivity index (χ3v) is 3.31. The number of hydrogen-bond acceptors (Lipinski definition) is 6. The minimum atomic E-state index is -0.678. The van der Waals surface area contributed by atoms with E-state index in [1.54, 1.807) is 12.1 Å². The van der Waals surface area contributed by atoms with Gasteiger partial charge in [0.15, 0.2) is 23.1 Å². The van der Waals surface area contributed by atoms with Gasteiger partial charge in [-0.2, -0.15) is 0 Å². The Morgan fingerprint density at radius 2 is 1.36 bits per heavy atom. The van der Waals surface area contributed by atoms with Crippen molar-refractivity contribution in [3.05, 3.63) is 59.7 Å². The minimum Gasteiger partial charge on any atom is -0.508 e. The Hall–Kier alpha value is -3.54. The van der Waals surface area contributed by atoms with E-state index < -0.39 is 28.8 Å². The van der Waals surface area contributed by atoms with Crippen molar-refractivity contribution < 1.29 is 30.0 Å². The van der Waals surface area contributed by atoms with Crippen molar-refractivity contribution in [2.75, 3.05) is 0 Å². The Balaban J connectivity index is 1.96. The van der Waals surface area contributed by atoms with E-state index in [0.29, 0.717) is 5.56 Å². The third-order valence-electron chi connectivity index (χ3n) is 3.31. The first-order chi connectivity index (χ1) is 11.9. The number of allylic oxidation sites excluding steroid dienone is 2. The average Bonchev–Trinajstić information content (AvgIpc) is 2.58. The van der Waals surface area contributed by atoms with E-state index in [1.807, 2.05) is 0 Å². The fourth-order valence-electron chi connectivity index (χ4n) is 1.97. The number of phenols is 4. The summed E-state index contributed by atoms with van der Waals surface area (Å²) in [6.07, 6.45) is 4.80. The molecule has 0 aliphatic carbocycles. The molecule has 6 heteroatoms. The van der Waals surface area contributed by atoms with Gasteiger partial charge in [-0.3, -0.25) is 9.59 Å². The van der Waals surface area contributed by atoms with Crippen LogP contribution in [0, 0.1) is 0 Å². The maximum Gasteiger partial charge on any atom is 0.200 e. The van der Waals surface area contributed by atoms with E-state index in [1.165, 1.54) is 42.5 Å². The minimum absolute atomic E-state index is 0.118. The summed E-state index contributed by atoms with van der Waals surface area (Å²) in [7, 11) is 0. The second kappa shape index (κ2) is 7.83. The molecule has 0 heterocycles. The molecule has 0 fully saturated rings. The molecular formula is C19H16O6. The highest BCUT2D eigenvalue weighted by Crippen LogP contribution is 2.37. The third kappa shape index (κ3) is 4.97. The summed E-state index contributed by atoms with van der Waals surface area (Å²) in [5, 5.41) is 37.4. The maximum atomic E-state index is 11.8. The lowest BCUT2D eigenvalue weighted by atomic mass is 10.1. The number of carbonyl (C=O) groups is 2. The Morgan fingerprint density at radius 3 is 2.00 bits per heavy atom. The number of rotatable bonds is 6. The first-order valence-corrected chi connectivity index (χ1v) is 7.31. The molecule has 0 radical (unpaired) electrons. The molecule has 0 bridgehead atoms. The zero-order chi connectivity index (χ0) is 18.4. The molecule has 0 spiro atoms. The van der Waals surface area contributed by atoms with Gasteiger partial charge < -0.3 is 20.4 Å². The summed E-state index contributed by atoms with van der Waals surface area (Å²) < 4.78 is 0. The standard InChI is InChI=1S/C19H16O6/c20-14-6-1-12(2-7-14)3-8-15(21)11-16(22)9-4-13-5-10-17(23)19(25)18(13)24/h1-10,20,23-25H,11H2/b8-3+,9-4+. The topological polar surface area (TPSA) is 115 Å².